The molecule has 1 aromatic carbocycles. The summed E-state index contributed by atoms with van der Waals surface area (Å²) in [5.41, 5.74) is 1.60. The molecular weight excluding hydrogens is 338 g/mol. The van der Waals surface area contributed by atoms with Crippen molar-refractivity contribution in [2.45, 2.75) is 26.1 Å². The number of carbonyl (C=O) groups is 1. The minimum absolute atomic E-state index is 0.141. The number of quaternary nitrogens is 1. The van der Waals surface area contributed by atoms with Crippen molar-refractivity contribution >= 4 is 6.03 Å². The lowest BCUT2D eigenvalue weighted by Gasteiger charge is -2.38. The summed E-state index contributed by atoms with van der Waals surface area (Å²) in [4.78, 5) is 13.5. The normalized spacial score (nSPS) is 18.8. The molecule has 0 aliphatic carbocycles. The fourth-order valence-corrected chi connectivity index (χ4v) is 2.60. The Morgan fingerprint density at radius 2 is 2.00 bits per heavy atom. The Bertz CT molecular complexity index is 596. The van der Waals surface area contributed by atoms with Gasteiger partial charge in [0, 0.05) is 13.5 Å². The predicted octanol–water partition coefficient (Wildman–Crippen LogP) is 0.497. The molecule has 0 aromatic heterocycles. The van der Waals surface area contributed by atoms with Crippen molar-refractivity contribution in [3.05, 3.63) is 53.0 Å². The molecule has 8 nitrogen and oxygen atoms in total. The SMILES string of the molecule is CC1=CN(CCC(CO)OCCOCc2ccccc2)C(=O)N(C)[NH+]1[O-]. The summed E-state index contributed by atoms with van der Waals surface area (Å²) < 4.78 is 11.2. The highest BCUT2D eigenvalue weighted by Crippen LogP contribution is 2.07. The van der Waals surface area contributed by atoms with Gasteiger partial charge in [0.2, 0.25) is 0 Å². The molecule has 2 amide bonds. The van der Waals surface area contributed by atoms with Crippen molar-refractivity contribution in [2.24, 2.45) is 0 Å². The molecule has 0 fully saturated rings. The zero-order valence-corrected chi connectivity index (χ0v) is 15.3. The lowest BCUT2D eigenvalue weighted by Crippen LogP contribution is -3.13. The quantitative estimate of drug-likeness (QED) is 0.465. The van der Waals surface area contributed by atoms with Crippen LogP contribution in [0, 0.1) is 5.21 Å². The van der Waals surface area contributed by atoms with E-state index in [9.17, 15) is 15.1 Å². The number of rotatable bonds is 10. The summed E-state index contributed by atoms with van der Waals surface area (Å²) >= 11 is 0. The first kappa shape index (κ1) is 20.3. The summed E-state index contributed by atoms with van der Waals surface area (Å²) in [6.45, 7) is 3.19. The maximum absolute atomic E-state index is 12.1. The number of hydrogen-bond donors (Lipinski definition) is 2. The molecule has 2 unspecified atom stereocenters. The summed E-state index contributed by atoms with van der Waals surface area (Å²) in [7, 11) is 1.46. The van der Waals surface area contributed by atoms with Crippen LogP contribution in [0.3, 0.4) is 0 Å². The van der Waals surface area contributed by atoms with E-state index < -0.39 is 0 Å². The van der Waals surface area contributed by atoms with Crippen molar-refractivity contribution in [3.63, 3.8) is 0 Å². The molecule has 8 heteroatoms. The van der Waals surface area contributed by atoms with Crippen LogP contribution in [0.5, 0.6) is 0 Å². The van der Waals surface area contributed by atoms with Gasteiger partial charge in [-0.15, -0.1) is 0 Å². The Morgan fingerprint density at radius 3 is 2.69 bits per heavy atom. The molecule has 26 heavy (non-hydrogen) atoms. The lowest BCUT2D eigenvalue weighted by molar-refractivity contribution is -0.921. The largest absolute Gasteiger partial charge is 0.603 e. The van der Waals surface area contributed by atoms with E-state index in [1.54, 1.807) is 13.1 Å². The number of carbonyl (C=O) groups excluding carboxylic acids is 1. The average molecular weight is 365 g/mol. The summed E-state index contributed by atoms with van der Waals surface area (Å²) in [6.07, 6.45) is 1.62. The fourth-order valence-electron chi connectivity index (χ4n) is 2.60. The monoisotopic (exact) mass is 365 g/mol. The Balaban J connectivity index is 1.68. The van der Waals surface area contributed by atoms with Crippen LogP contribution in [0.2, 0.25) is 0 Å². The zero-order valence-electron chi connectivity index (χ0n) is 15.3. The molecule has 1 aromatic rings. The Hall–Kier alpha value is -1.97. The van der Waals surface area contributed by atoms with E-state index in [1.165, 1.54) is 11.9 Å². The van der Waals surface area contributed by atoms with Gasteiger partial charge in [0.1, 0.15) is 5.70 Å². The molecule has 1 aliphatic heterocycles. The van der Waals surface area contributed by atoms with E-state index in [1.807, 2.05) is 30.3 Å². The van der Waals surface area contributed by atoms with Gasteiger partial charge in [-0.1, -0.05) is 30.3 Å². The van der Waals surface area contributed by atoms with Crippen LogP contribution in [-0.4, -0.2) is 60.6 Å². The topological polar surface area (TPSA) is 89.7 Å². The van der Waals surface area contributed by atoms with Gasteiger partial charge in [0.15, 0.2) is 0 Å². The van der Waals surface area contributed by atoms with Gasteiger partial charge in [-0.3, -0.25) is 4.90 Å². The summed E-state index contributed by atoms with van der Waals surface area (Å²) in [5, 5.41) is 22.0. The van der Waals surface area contributed by atoms with Crippen LogP contribution in [0.25, 0.3) is 0 Å². The molecule has 2 atom stereocenters. The molecule has 0 spiro atoms. The van der Waals surface area contributed by atoms with Gasteiger partial charge in [-0.25, -0.2) is 9.97 Å². The van der Waals surface area contributed by atoms with Crippen molar-refractivity contribution in [3.8, 4) is 0 Å². The number of urea groups is 1. The first-order chi connectivity index (χ1) is 12.5. The molecule has 2 rings (SSSR count). The molecule has 144 valence electrons. The fraction of sp³-hybridized carbons (Fsp3) is 0.500. The third kappa shape index (κ3) is 5.79. The van der Waals surface area contributed by atoms with E-state index >= 15 is 0 Å². The second kappa shape index (κ2) is 10.2. The number of aliphatic hydroxyl groups excluding tert-OH is 1. The van der Waals surface area contributed by atoms with Crippen LogP contribution in [0.4, 0.5) is 4.79 Å². The second-order valence-electron chi connectivity index (χ2n) is 6.15. The number of nitrogens with one attached hydrogen (secondary N) is 1. The highest BCUT2D eigenvalue weighted by atomic mass is 16.6. The average Bonchev–Trinajstić information content (AvgIpc) is 2.66. The first-order valence-electron chi connectivity index (χ1n) is 8.64. The van der Waals surface area contributed by atoms with E-state index in [2.05, 4.69) is 0 Å². The molecule has 0 saturated heterocycles. The molecule has 1 heterocycles. The van der Waals surface area contributed by atoms with E-state index in [0.717, 1.165) is 10.6 Å². The third-order valence-corrected chi connectivity index (χ3v) is 4.11. The number of amides is 2. The maximum atomic E-state index is 12.1. The van der Waals surface area contributed by atoms with E-state index in [-0.39, 0.29) is 23.9 Å². The van der Waals surface area contributed by atoms with Gasteiger partial charge >= 0.3 is 6.03 Å². The number of ether oxygens (including phenoxy) is 2. The minimum atomic E-state index is -0.389. The number of hydrogen-bond acceptors (Lipinski definition) is 5. The zero-order chi connectivity index (χ0) is 18.9. The van der Waals surface area contributed by atoms with Crippen molar-refractivity contribution in [2.75, 3.05) is 33.4 Å². The van der Waals surface area contributed by atoms with Gasteiger partial charge in [-0.05, 0) is 12.0 Å². The second-order valence-corrected chi connectivity index (χ2v) is 6.15. The standard InChI is InChI=1S/C18H27N3O5/c1-15-12-20(18(23)19(2)21(15)24)9-8-17(13-22)26-11-10-25-14-16-6-4-3-5-7-16/h3-7,12,17,21-22H,8-11,13-14H2,1-2H3. The molecular formula is C18H27N3O5. The van der Waals surface area contributed by atoms with Crippen LogP contribution in [0.15, 0.2) is 42.2 Å². The number of hydroxylamine groups is 1. The van der Waals surface area contributed by atoms with Gasteiger partial charge < -0.3 is 19.8 Å². The first-order valence-corrected chi connectivity index (χ1v) is 8.64. The third-order valence-electron chi connectivity index (χ3n) is 4.11. The Kier molecular flexibility index (Phi) is 8.02. The molecule has 0 bridgehead atoms. The number of allylic oxidation sites excluding steroid dienone is 1. The minimum Gasteiger partial charge on any atom is -0.603 e. The van der Waals surface area contributed by atoms with Crippen LogP contribution in [-0.2, 0) is 16.1 Å². The number of aliphatic hydroxyl groups is 1. The van der Waals surface area contributed by atoms with Gasteiger partial charge in [-0.2, -0.15) is 5.01 Å². The Labute approximate surface area is 153 Å². The van der Waals surface area contributed by atoms with Crippen molar-refractivity contribution in [1.29, 1.82) is 0 Å². The maximum Gasteiger partial charge on any atom is 0.368 e. The van der Waals surface area contributed by atoms with E-state index in [4.69, 9.17) is 9.47 Å². The van der Waals surface area contributed by atoms with E-state index in [0.29, 0.717) is 38.5 Å². The number of nitrogens with zero attached hydrogens (tertiary/aromatic N) is 2. The van der Waals surface area contributed by atoms with Crippen LogP contribution in [0.1, 0.15) is 18.9 Å². The predicted molar refractivity (Wildman–Crippen MR) is 95.5 cm³/mol. The Morgan fingerprint density at radius 1 is 1.27 bits per heavy atom. The van der Waals surface area contributed by atoms with Crippen molar-refractivity contribution in [1.82, 2.24) is 9.91 Å². The highest BCUT2D eigenvalue weighted by Gasteiger charge is 2.28. The van der Waals surface area contributed by atoms with Crippen molar-refractivity contribution < 1.29 is 24.5 Å². The van der Waals surface area contributed by atoms with Crippen LogP contribution < -0.4 is 5.17 Å². The lowest BCUT2D eigenvalue weighted by atomic mass is 10.2. The summed E-state index contributed by atoms with van der Waals surface area (Å²) in [5.74, 6) is 0. The highest BCUT2D eigenvalue weighted by molar-refractivity contribution is 5.74. The molecule has 2 N–H and O–H groups in total. The van der Waals surface area contributed by atoms with Gasteiger partial charge in [0.05, 0.1) is 45.8 Å². The van der Waals surface area contributed by atoms with Crippen LogP contribution >= 0.6 is 0 Å². The van der Waals surface area contributed by atoms with Gasteiger partial charge in [0.25, 0.3) is 0 Å². The molecule has 0 saturated carbocycles. The summed E-state index contributed by atoms with van der Waals surface area (Å²) in [6, 6.07) is 9.48. The smallest absolute Gasteiger partial charge is 0.368 e. The number of benzene rings is 1. The molecule has 1 aliphatic rings. The molecule has 0 radical (unpaired) electrons.